The van der Waals surface area contributed by atoms with Crippen molar-refractivity contribution < 1.29 is 9.59 Å². The number of hydrogen-bond acceptors (Lipinski definition) is 2. The minimum absolute atomic E-state index is 0.0470. The van der Waals surface area contributed by atoms with Crippen LogP contribution in [0.2, 0.25) is 5.02 Å². The third kappa shape index (κ3) is 4.75. The summed E-state index contributed by atoms with van der Waals surface area (Å²) < 4.78 is 0. The predicted molar refractivity (Wildman–Crippen MR) is 104 cm³/mol. The lowest BCUT2D eigenvalue weighted by Crippen LogP contribution is -2.43. The Labute approximate surface area is 157 Å². The third-order valence-corrected chi connectivity index (χ3v) is 4.56. The second kappa shape index (κ2) is 8.70. The highest BCUT2D eigenvalue weighted by Crippen LogP contribution is 2.26. The molecule has 1 rings (SSSR count). The highest BCUT2D eigenvalue weighted by Gasteiger charge is 2.28. The lowest BCUT2D eigenvalue weighted by Gasteiger charge is -2.32. The molecule has 1 aromatic rings. The van der Waals surface area contributed by atoms with E-state index in [1.165, 1.54) is 0 Å². The molecule has 25 heavy (non-hydrogen) atoms. The van der Waals surface area contributed by atoms with Crippen molar-refractivity contribution in [2.45, 2.75) is 79.6 Å². The molecule has 0 saturated carbocycles. The maximum absolute atomic E-state index is 13.0. The molecule has 0 aromatic heterocycles. The molecule has 1 aromatic carbocycles. The van der Waals surface area contributed by atoms with E-state index in [4.69, 9.17) is 11.6 Å². The SMILES string of the molecule is CC(C)N(C(=O)c1cccc(C(=O)N(C(C)C)C(C)C)c1Cl)C(C)C. The minimum atomic E-state index is -0.148. The lowest BCUT2D eigenvalue weighted by molar-refractivity contribution is 0.0644. The van der Waals surface area contributed by atoms with Crippen LogP contribution in [0.4, 0.5) is 0 Å². The summed E-state index contributed by atoms with van der Waals surface area (Å²) >= 11 is 6.51. The summed E-state index contributed by atoms with van der Waals surface area (Å²) in [6, 6.07) is 5.29. The molecule has 0 spiro atoms. The first-order chi connectivity index (χ1) is 11.5. The monoisotopic (exact) mass is 366 g/mol. The Morgan fingerprint density at radius 2 is 1.00 bits per heavy atom. The maximum atomic E-state index is 13.0. The van der Waals surface area contributed by atoms with E-state index in [9.17, 15) is 9.59 Å². The molecule has 0 atom stereocenters. The number of rotatable bonds is 6. The van der Waals surface area contributed by atoms with Crippen molar-refractivity contribution in [2.75, 3.05) is 0 Å². The number of nitrogens with zero attached hydrogens (tertiary/aromatic N) is 2. The summed E-state index contributed by atoms with van der Waals surface area (Å²) in [6.07, 6.45) is 0. The fourth-order valence-corrected chi connectivity index (χ4v) is 3.56. The van der Waals surface area contributed by atoms with Crippen LogP contribution in [0.1, 0.15) is 76.1 Å². The smallest absolute Gasteiger partial charge is 0.255 e. The second-order valence-corrected chi connectivity index (χ2v) is 7.84. The van der Waals surface area contributed by atoms with Crippen molar-refractivity contribution in [1.82, 2.24) is 9.80 Å². The van der Waals surface area contributed by atoms with Gasteiger partial charge in [0, 0.05) is 24.2 Å². The standard InChI is InChI=1S/C20H31ClN2O2/c1-12(2)22(13(3)4)19(24)16-10-9-11-17(18(16)21)20(25)23(14(5)6)15(7)8/h9-15H,1-8H3. The van der Waals surface area contributed by atoms with Crippen LogP contribution in [0, 0.1) is 0 Å². The Balaban J connectivity index is 3.35. The van der Waals surface area contributed by atoms with Gasteiger partial charge in [-0.2, -0.15) is 0 Å². The van der Waals surface area contributed by atoms with Crippen molar-refractivity contribution in [3.05, 3.63) is 34.3 Å². The molecule has 0 aliphatic carbocycles. The average Bonchev–Trinajstić information content (AvgIpc) is 2.45. The zero-order valence-electron chi connectivity index (χ0n) is 16.6. The summed E-state index contributed by atoms with van der Waals surface area (Å²) in [5.74, 6) is -0.296. The predicted octanol–water partition coefficient (Wildman–Crippen LogP) is 4.86. The van der Waals surface area contributed by atoms with E-state index >= 15 is 0 Å². The van der Waals surface area contributed by atoms with Gasteiger partial charge in [-0.15, -0.1) is 0 Å². The summed E-state index contributed by atoms with van der Waals surface area (Å²) in [6.45, 7) is 15.8. The topological polar surface area (TPSA) is 40.6 Å². The van der Waals surface area contributed by atoms with Gasteiger partial charge in [0.1, 0.15) is 0 Å². The lowest BCUT2D eigenvalue weighted by atomic mass is 10.0. The molecule has 0 bridgehead atoms. The molecule has 2 amide bonds. The number of amides is 2. The van der Waals surface area contributed by atoms with Crippen molar-refractivity contribution in [3.63, 3.8) is 0 Å². The Morgan fingerprint density at radius 1 is 0.720 bits per heavy atom. The van der Waals surface area contributed by atoms with E-state index in [0.717, 1.165) is 0 Å². The molecule has 0 radical (unpaired) electrons. The number of carbonyl (C=O) groups excluding carboxylic acids is 2. The van der Waals surface area contributed by atoms with E-state index in [2.05, 4.69) is 0 Å². The Hall–Kier alpha value is -1.55. The fraction of sp³-hybridized carbons (Fsp3) is 0.600. The summed E-state index contributed by atoms with van der Waals surface area (Å²) in [7, 11) is 0. The normalized spacial score (nSPS) is 11.6. The van der Waals surface area contributed by atoms with Crippen LogP contribution in [0.3, 0.4) is 0 Å². The number of carbonyl (C=O) groups is 2. The largest absolute Gasteiger partial charge is 0.334 e. The minimum Gasteiger partial charge on any atom is -0.334 e. The van der Waals surface area contributed by atoms with Crippen LogP contribution in [-0.2, 0) is 0 Å². The molecular weight excluding hydrogens is 336 g/mol. The van der Waals surface area contributed by atoms with Crippen LogP contribution in [0.5, 0.6) is 0 Å². The summed E-state index contributed by atoms with van der Waals surface area (Å²) in [5.41, 5.74) is 0.754. The first-order valence-electron chi connectivity index (χ1n) is 8.94. The van der Waals surface area contributed by atoms with Crippen molar-refractivity contribution in [2.24, 2.45) is 0 Å². The molecular formula is C20H31ClN2O2. The van der Waals surface area contributed by atoms with Gasteiger partial charge >= 0.3 is 0 Å². The van der Waals surface area contributed by atoms with Gasteiger partial charge in [-0.3, -0.25) is 9.59 Å². The first-order valence-corrected chi connectivity index (χ1v) is 9.32. The average molecular weight is 367 g/mol. The Morgan fingerprint density at radius 3 is 1.24 bits per heavy atom. The van der Waals surface area contributed by atoms with Gasteiger partial charge in [-0.05, 0) is 67.5 Å². The van der Waals surface area contributed by atoms with E-state index < -0.39 is 0 Å². The summed E-state index contributed by atoms with van der Waals surface area (Å²) in [5, 5.41) is 0.232. The third-order valence-electron chi connectivity index (χ3n) is 4.15. The zero-order valence-corrected chi connectivity index (χ0v) is 17.4. The molecule has 4 nitrogen and oxygen atoms in total. The summed E-state index contributed by atoms with van der Waals surface area (Å²) in [4.78, 5) is 29.5. The molecule has 0 aliphatic rings. The molecule has 0 unspecified atom stereocenters. The van der Waals surface area contributed by atoms with E-state index in [1.54, 1.807) is 28.0 Å². The number of halogens is 1. The maximum Gasteiger partial charge on any atom is 0.255 e. The van der Waals surface area contributed by atoms with E-state index in [0.29, 0.717) is 11.1 Å². The molecule has 0 fully saturated rings. The molecule has 0 aliphatic heterocycles. The van der Waals surface area contributed by atoms with Gasteiger partial charge in [-0.1, -0.05) is 17.7 Å². The van der Waals surface area contributed by atoms with Crippen molar-refractivity contribution in [3.8, 4) is 0 Å². The number of hydrogen-bond donors (Lipinski definition) is 0. The van der Waals surface area contributed by atoms with E-state index in [1.807, 2.05) is 55.4 Å². The van der Waals surface area contributed by atoms with Crippen molar-refractivity contribution in [1.29, 1.82) is 0 Å². The number of benzene rings is 1. The molecule has 140 valence electrons. The molecule has 0 heterocycles. The first kappa shape index (κ1) is 21.5. The van der Waals surface area contributed by atoms with Gasteiger partial charge in [0.25, 0.3) is 11.8 Å². The van der Waals surface area contributed by atoms with Crippen molar-refractivity contribution >= 4 is 23.4 Å². The zero-order chi connectivity index (χ0) is 19.5. The quantitative estimate of drug-likeness (QED) is 0.721. The molecule has 0 N–H and O–H groups in total. The van der Waals surface area contributed by atoms with Gasteiger partial charge in [0.05, 0.1) is 16.1 Å². The Bertz CT molecular complexity index is 558. The second-order valence-electron chi connectivity index (χ2n) is 7.47. The highest BCUT2D eigenvalue weighted by molar-refractivity contribution is 6.37. The van der Waals surface area contributed by atoms with Crippen LogP contribution in [0.15, 0.2) is 18.2 Å². The van der Waals surface area contributed by atoms with Gasteiger partial charge < -0.3 is 9.80 Å². The molecule has 0 saturated heterocycles. The molecule has 5 heteroatoms. The van der Waals surface area contributed by atoms with Gasteiger partial charge in [0.2, 0.25) is 0 Å². The van der Waals surface area contributed by atoms with E-state index in [-0.39, 0.29) is 41.0 Å². The van der Waals surface area contributed by atoms with Gasteiger partial charge in [-0.25, -0.2) is 0 Å². The fourth-order valence-electron chi connectivity index (χ4n) is 3.27. The Kier molecular flexibility index (Phi) is 7.48. The van der Waals surface area contributed by atoms with Crippen LogP contribution >= 0.6 is 11.6 Å². The van der Waals surface area contributed by atoms with Crippen LogP contribution < -0.4 is 0 Å². The van der Waals surface area contributed by atoms with Gasteiger partial charge in [0.15, 0.2) is 0 Å². The van der Waals surface area contributed by atoms with Crippen LogP contribution in [0.25, 0.3) is 0 Å². The van der Waals surface area contributed by atoms with Crippen LogP contribution in [-0.4, -0.2) is 45.8 Å². The highest BCUT2D eigenvalue weighted by atomic mass is 35.5.